The predicted molar refractivity (Wildman–Crippen MR) is 74.8 cm³/mol. The molecule has 0 aliphatic carbocycles. The minimum absolute atomic E-state index is 0.168. The second-order valence-electron chi connectivity index (χ2n) is 4.44. The van der Waals surface area contributed by atoms with E-state index in [1.807, 2.05) is 4.72 Å². The molecular weight excluding hydrogens is 288 g/mol. The molecule has 8 heteroatoms. The summed E-state index contributed by atoms with van der Waals surface area (Å²) in [5, 5.41) is 2.89. The van der Waals surface area contributed by atoms with Gasteiger partial charge in [-0.15, -0.1) is 0 Å². The third-order valence-electron chi connectivity index (χ3n) is 2.83. The first-order valence-electron chi connectivity index (χ1n) is 6.13. The maximum absolute atomic E-state index is 13.8. The van der Waals surface area contributed by atoms with Crippen molar-refractivity contribution in [1.82, 2.24) is 9.62 Å². The maximum Gasteiger partial charge on any atom is 0.301 e. The minimum Gasteiger partial charge on any atom is -0.320 e. The molecule has 0 amide bonds. The zero-order chi connectivity index (χ0) is 15.3. The van der Waals surface area contributed by atoms with E-state index >= 15 is 0 Å². The van der Waals surface area contributed by atoms with E-state index in [2.05, 4.69) is 5.32 Å². The molecule has 1 aromatic rings. The summed E-state index contributed by atoms with van der Waals surface area (Å²) in [6.07, 6.45) is 0.590. The third kappa shape index (κ3) is 4.12. The van der Waals surface area contributed by atoms with Crippen LogP contribution in [0.5, 0.6) is 0 Å². The fourth-order valence-corrected chi connectivity index (χ4v) is 2.53. The molecule has 0 aliphatic heterocycles. The van der Waals surface area contributed by atoms with Crippen LogP contribution >= 0.6 is 0 Å². The normalized spacial score (nSPS) is 11.9. The highest BCUT2D eigenvalue weighted by Gasteiger charge is 2.22. The Morgan fingerprint density at radius 1 is 1.30 bits per heavy atom. The van der Waals surface area contributed by atoms with Gasteiger partial charge in [-0.3, -0.25) is 4.72 Å². The van der Waals surface area contributed by atoms with Gasteiger partial charge >= 0.3 is 10.2 Å². The molecule has 0 bridgehead atoms. The van der Waals surface area contributed by atoms with Crippen LogP contribution in [0.4, 0.5) is 14.5 Å². The summed E-state index contributed by atoms with van der Waals surface area (Å²) in [5.74, 6) is -1.85. The summed E-state index contributed by atoms with van der Waals surface area (Å²) in [6, 6.07) is 2.27. The number of rotatable bonds is 7. The highest BCUT2D eigenvalue weighted by Crippen LogP contribution is 2.23. The van der Waals surface area contributed by atoms with Crippen molar-refractivity contribution >= 4 is 15.9 Å². The van der Waals surface area contributed by atoms with Crippen LogP contribution in [0.1, 0.15) is 12.0 Å². The molecule has 0 radical (unpaired) electrons. The summed E-state index contributed by atoms with van der Waals surface area (Å²) >= 11 is 0. The van der Waals surface area contributed by atoms with Crippen LogP contribution in [-0.2, 0) is 10.2 Å². The van der Waals surface area contributed by atoms with Crippen molar-refractivity contribution in [3.8, 4) is 0 Å². The number of nitrogens with zero attached hydrogens (tertiary/aromatic N) is 1. The van der Waals surface area contributed by atoms with Gasteiger partial charge in [-0.05, 0) is 38.6 Å². The van der Waals surface area contributed by atoms with Gasteiger partial charge < -0.3 is 5.32 Å². The quantitative estimate of drug-likeness (QED) is 0.750. The fourth-order valence-electron chi connectivity index (χ4n) is 1.56. The number of aryl methyl sites for hydroxylation is 1. The Morgan fingerprint density at radius 3 is 2.55 bits per heavy atom. The van der Waals surface area contributed by atoms with Gasteiger partial charge in [-0.1, -0.05) is 6.07 Å². The van der Waals surface area contributed by atoms with Crippen molar-refractivity contribution in [3.05, 3.63) is 29.3 Å². The molecular formula is C12H19F2N3O2S. The number of benzene rings is 1. The van der Waals surface area contributed by atoms with Gasteiger partial charge in [0, 0.05) is 13.6 Å². The zero-order valence-corrected chi connectivity index (χ0v) is 12.5. The van der Waals surface area contributed by atoms with Crippen LogP contribution in [0.3, 0.4) is 0 Å². The largest absolute Gasteiger partial charge is 0.320 e. The molecule has 20 heavy (non-hydrogen) atoms. The molecule has 0 fully saturated rings. The van der Waals surface area contributed by atoms with Crippen LogP contribution in [0.25, 0.3) is 0 Å². The number of hydrogen-bond donors (Lipinski definition) is 2. The van der Waals surface area contributed by atoms with Gasteiger partial charge in [-0.2, -0.15) is 12.7 Å². The maximum atomic E-state index is 13.8. The Kier molecular flexibility index (Phi) is 5.85. The molecule has 2 N–H and O–H groups in total. The van der Waals surface area contributed by atoms with Crippen molar-refractivity contribution in [3.63, 3.8) is 0 Å². The van der Waals surface area contributed by atoms with E-state index in [-0.39, 0.29) is 12.1 Å². The Balaban J connectivity index is 2.89. The van der Waals surface area contributed by atoms with Gasteiger partial charge in [0.2, 0.25) is 0 Å². The van der Waals surface area contributed by atoms with Crippen molar-refractivity contribution in [2.75, 3.05) is 31.9 Å². The molecule has 0 saturated heterocycles. The van der Waals surface area contributed by atoms with E-state index in [1.54, 1.807) is 7.05 Å². The summed E-state index contributed by atoms with van der Waals surface area (Å²) in [7, 11) is -0.875. The fraction of sp³-hybridized carbons (Fsp3) is 0.500. The monoisotopic (exact) mass is 307 g/mol. The molecule has 1 aromatic carbocycles. The number of anilines is 1. The molecule has 0 heterocycles. The second-order valence-corrected chi connectivity index (χ2v) is 6.22. The summed E-state index contributed by atoms with van der Waals surface area (Å²) in [5.41, 5.74) is -0.479. The SMILES string of the molecule is CNCCCN(C)S(=O)(=O)Nc1c(F)ccc(C)c1F. The topological polar surface area (TPSA) is 61.4 Å². The Labute approximate surface area is 118 Å². The van der Waals surface area contributed by atoms with Gasteiger partial charge in [0.05, 0.1) is 0 Å². The van der Waals surface area contributed by atoms with Crippen LogP contribution in [-0.4, -0.2) is 39.9 Å². The second kappa shape index (κ2) is 6.96. The summed E-state index contributed by atoms with van der Waals surface area (Å²) < 4.78 is 54.2. The lowest BCUT2D eigenvalue weighted by Crippen LogP contribution is -2.34. The number of halogens is 2. The van der Waals surface area contributed by atoms with Gasteiger partial charge in [0.25, 0.3) is 0 Å². The molecule has 1 rings (SSSR count). The average Bonchev–Trinajstić information content (AvgIpc) is 2.39. The Morgan fingerprint density at radius 2 is 1.95 bits per heavy atom. The first-order chi connectivity index (χ1) is 9.29. The van der Waals surface area contributed by atoms with Crippen LogP contribution in [0, 0.1) is 18.6 Å². The number of nitrogens with one attached hydrogen (secondary N) is 2. The van der Waals surface area contributed by atoms with Crippen molar-refractivity contribution in [1.29, 1.82) is 0 Å². The van der Waals surface area contributed by atoms with Crippen molar-refractivity contribution in [2.24, 2.45) is 0 Å². The third-order valence-corrected chi connectivity index (χ3v) is 4.29. The first-order valence-corrected chi connectivity index (χ1v) is 7.57. The summed E-state index contributed by atoms with van der Waals surface area (Å²) in [4.78, 5) is 0. The first kappa shape index (κ1) is 16.8. The lowest BCUT2D eigenvalue weighted by atomic mass is 10.2. The van der Waals surface area contributed by atoms with E-state index in [0.717, 1.165) is 10.4 Å². The van der Waals surface area contributed by atoms with Gasteiger partial charge in [-0.25, -0.2) is 8.78 Å². The summed E-state index contributed by atoms with van der Waals surface area (Å²) in [6.45, 7) is 2.32. The lowest BCUT2D eigenvalue weighted by Gasteiger charge is -2.19. The lowest BCUT2D eigenvalue weighted by molar-refractivity contribution is 0.461. The molecule has 5 nitrogen and oxygen atoms in total. The zero-order valence-electron chi connectivity index (χ0n) is 11.7. The van der Waals surface area contributed by atoms with E-state index in [0.29, 0.717) is 13.0 Å². The van der Waals surface area contributed by atoms with Gasteiger partial charge in [0.1, 0.15) is 11.5 Å². The van der Waals surface area contributed by atoms with Crippen molar-refractivity contribution in [2.45, 2.75) is 13.3 Å². The highest BCUT2D eigenvalue weighted by atomic mass is 32.2. The van der Waals surface area contributed by atoms with Crippen LogP contribution in [0.15, 0.2) is 12.1 Å². The molecule has 0 unspecified atom stereocenters. The molecule has 0 aromatic heterocycles. The molecule has 114 valence electrons. The molecule has 0 saturated carbocycles. The minimum atomic E-state index is -3.98. The molecule has 0 spiro atoms. The molecule has 0 aliphatic rings. The van der Waals surface area contributed by atoms with E-state index in [1.165, 1.54) is 20.0 Å². The van der Waals surface area contributed by atoms with E-state index < -0.39 is 27.5 Å². The van der Waals surface area contributed by atoms with E-state index in [9.17, 15) is 17.2 Å². The Bertz CT molecular complexity index is 564. The van der Waals surface area contributed by atoms with Crippen LogP contribution < -0.4 is 10.0 Å². The van der Waals surface area contributed by atoms with E-state index in [4.69, 9.17) is 0 Å². The standard InChI is InChI=1S/C12H19F2N3O2S/c1-9-5-6-10(13)12(11(9)14)16-20(18,19)17(3)8-4-7-15-2/h5-6,15-16H,4,7-8H2,1-3H3. The highest BCUT2D eigenvalue weighted by molar-refractivity contribution is 7.90. The molecule has 0 atom stereocenters. The average molecular weight is 307 g/mol. The van der Waals surface area contributed by atoms with Crippen LogP contribution in [0.2, 0.25) is 0 Å². The smallest absolute Gasteiger partial charge is 0.301 e. The Hall–Kier alpha value is -1.25. The number of hydrogen-bond acceptors (Lipinski definition) is 3. The predicted octanol–water partition coefficient (Wildman–Crippen LogP) is 1.47. The van der Waals surface area contributed by atoms with Crippen molar-refractivity contribution < 1.29 is 17.2 Å². The van der Waals surface area contributed by atoms with Gasteiger partial charge in [0.15, 0.2) is 5.82 Å².